The number of nitro groups is 1. The molecule has 0 bridgehead atoms. The van der Waals surface area contributed by atoms with Crippen LogP contribution in [0.2, 0.25) is 5.02 Å². The molecule has 0 fully saturated rings. The third kappa shape index (κ3) is 5.06. The molecule has 0 aliphatic heterocycles. The second-order valence-electron chi connectivity index (χ2n) is 5.91. The van der Waals surface area contributed by atoms with Gasteiger partial charge in [-0.25, -0.2) is 4.39 Å². The van der Waals surface area contributed by atoms with E-state index in [1.165, 1.54) is 24.3 Å². The fraction of sp³-hybridized carbons (Fsp3) is 0.158. The molecule has 0 aliphatic rings. The first-order valence-corrected chi connectivity index (χ1v) is 8.75. The van der Waals surface area contributed by atoms with Gasteiger partial charge in [-0.2, -0.15) is 0 Å². The first kappa shape index (κ1) is 18.9. The topological polar surface area (TPSA) is 84.9 Å². The number of halogens is 2. The Hall–Kier alpha value is -2.90. The van der Waals surface area contributed by atoms with E-state index in [1.54, 1.807) is 18.2 Å². The lowest BCUT2D eigenvalue weighted by Gasteiger charge is -2.05. The predicted molar refractivity (Wildman–Crippen MR) is 101 cm³/mol. The Kier molecular flexibility index (Phi) is 6.05. The van der Waals surface area contributed by atoms with E-state index in [0.29, 0.717) is 18.8 Å². The Bertz CT molecular complexity index is 928. The Labute approximate surface area is 160 Å². The maximum Gasteiger partial charge on any atom is 0.269 e. The van der Waals surface area contributed by atoms with E-state index >= 15 is 0 Å². The zero-order valence-electron chi connectivity index (χ0n) is 14.3. The molecule has 3 rings (SSSR count). The molecule has 0 radical (unpaired) electrons. The van der Waals surface area contributed by atoms with Gasteiger partial charge in [0.05, 0.1) is 23.0 Å². The van der Waals surface area contributed by atoms with Crippen molar-refractivity contribution in [3.8, 4) is 11.3 Å². The maximum atomic E-state index is 13.2. The Morgan fingerprint density at radius 3 is 2.63 bits per heavy atom. The second-order valence-corrected chi connectivity index (χ2v) is 6.31. The van der Waals surface area contributed by atoms with Crippen molar-refractivity contribution in [2.45, 2.75) is 6.54 Å². The normalized spacial score (nSPS) is 10.7. The number of nitrogens with two attached hydrogens (primary N) is 1. The van der Waals surface area contributed by atoms with Crippen LogP contribution >= 0.6 is 11.6 Å². The summed E-state index contributed by atoms with van der Waals surface area (Å²) >= 11 is 5.80. The number of quaternary nitrogens is 1. The highest BCUT2D eigenvalue weighted by Crippen LogP contribution is 2.26. The van der Waals surface area contributed by atoms with Crippen LogP contribution in [0, 0.1) is 15.9 Å². The van der Waals surface area contributed by atoms with Crippen molar-refractivity contribution in [2.75, 3.05) is 18.4 Å². The highest BCUT2D eigenvalue weighted by molar-refractivity contribution is 6.31. The molecule has 0 spiro atoms. The molecule has 1 heterocycles. The van der Waals surface area contributed by atoms with Crippen LogP contribution in [-0.4, -0.2) is 18.0 Å². The van der Waals surface area contributed by atoms with Crippen molar-refractivity contribution in [1.82, 2.24) is 0 Å². The van der Waals surface area contributed by atoms with Gasteiger partial charge in [0.15, 0.2) is 5.76 Å². The van der Waals surface area contributed by atoms with Crippen LogP contribution in [0.1, 0.15) is 5.76 Å². The third-order valence-electron chi connectivity index (χ3n) is 3.97. The Morgan fingerprint density at radius 1 is 1.15 bits per heavy atom. The Balaban J connectivity index is 1.44. The highest BCUT2D eigenvalue weighted by atomic mass is 35.5. The van der Waals surface area contributed by atoms with Gasteiger partial charge in [0.2, 0.25) is 0 Å². The van der Waals surface area contributed by atoms with E-state index in [4.69, 9.17) is 16.0 Å². The number of benzene rings is 2. The molecule has 1 aromatic heterocycles. The summed E-state index contributed by atoms with van der Waals surface area (Å²) in [7, 11) is 0. The maximum absolute atomic E-state index is 13.2. The molecular weight excluding hydrogens is 373 g/mol. The Morgan fingerprint density at radius 2 is 1.93 bits per heavy atom. The van der Waals surface area contributed by atoms with Gasteiger partial charge in [0.25, 0.3) is 5.69 Å². The van der Waals surface area contributed by atoms with Crippen molar-refractivity contribution in [1.29, 1.82) is 0 Å². The summed E-state index contributed by atoms with van der Waals surface area (Å²) in [4.78, 5) is 10.2. The molecule has 2 aromatic carbocycles. The van der Waals surface area contributed by atoms with Gasteiger partial charge < -0.3 is 15.1 Å². The van der Waals surface area contributed by atoms with Gasteiger partial charge in [-0.05, 0) is 42.5 Å². The molecule has 0 unspecified atom stereocenters. The van der Waals surface area contributed by atoms with Crippen molar-refractivity contribution in [2.24, 2.45) is 0 Å². The summed E-state index contributed by atoms with van der Waals surface area (Å²) in [5.41, 5.74) is 1.64. The first-order chi connectivity index (χ1) is 13.0. The van der Waals surface area contributed by atoms with Crippen molar-refractivity contribution in [3.63, 3.8) is 0 Å². The summed E-state index contributed by atoms with van der Waals surface area (Å²) in [6.45, 7) is 2.17. The number of nitro benzene ring substituents is 1. The molecule has 3 N–H and O–H groups in total. The lowest BCUT2D eigenvalue weighted by Crippen LogP contribution is -2.83. The molecule has 8 heteroatoms. The van der Waals surface area contributed by atoms with Crippen molar-refractivity contribution in [3.05, 3.63) is 81.3 Å². The lowest BCUT2D eigenvalue weighted by atomic mass is 10.2. The molecular formula is C19H18ClFN3O3+. The fourth-order valence-corrected chi connectivity index (χ4v) is 2.74. The van der Waals surface area contributed by atoms with E-state index in [9.17, 15) is 14.5 Å². The van der Waals surface area contributed by atoms with E-state index in [-0.39, 0.29) is 10.7 Å². The smallest absolute Gasteiger partial charge is 0.269 e. The van der Waals surface area contributed by atoms with Gasteiger partial charge in [-0.1, -0.05) is 11.6 Å². The standard InChI is InChI=1S/C19H17ClFN3O3/c20-17-11-13(1-7-18(17)21)19-8-6-16(27-19)12-22-9-10-23-14-2-4-15(5-3-14)24(25)26/h1-8,11,22-23H,9-10,12H2/p+1. The molecule has 27 heavy (non-hydrogen) atoms. The van der Waals surface area contributed by atoms with Crippen LogP contribution in [0.4, 0.5) is 15.8 Å². The quantitative estimate of drug-likeness (QED) is 0.348. The van der Waals surface area contributed by atoms with Crippen LogP contribution in [0.5, 0.6) is 0 Å². The SMILES string of the molecule is O=[N+]([O-])c1ccc(NCC[NH2+]Cc2ccc(-c3ccc(F)c(Cl)c3)o2)cc1. The summed E-state index contributed by atoms with van der Waals surface area (Å²) in [6, 6.07) is 14.5. The van der Waals surface area contributed by atoms with Crippen molar-refractivity contribution >= 4 is 23.0 Å². The lowest BCUT2D eigenvalue weighted by molar-refractivity contribution is -0.669. The van der Waals surface area contributed by atoms with Crippen LogP contribution in [0.15, 0.2) is 59.0 Å². The zero-order valence-corrected chi connectivity index (χ0v) is 15.1. The average Bonchev–Trinajstić information content (AvgIpc) is 3.13. The fourth-order valence-electron chi connectivity index (χ4n) is 2.56. The second kappa shape index (κ2) is 8.66. The van der Waals surface area contributed by atoms with E-state index in [1.807, 2.05) is 12.1 Å². The molecule has 6 nitrogen and oxygen atoms in total. The first-order valence-electron chi connectivity index (χ1n) is 8.37. The molecule has 0 amide bonds. The molecule has 0 atom stereocenters. The molecule has 140 valence electrons. The molecule has 0 saturated heterocycles. The van der Waals surface area contributed by atoms with Crippen LogP contribution < -0.4 is 10.6 Å². The van der Waals surface area contributed by atoms with E-state index < -0.39 is 10.7 Å². The minimum absolute atomic E-state index is 0.0642. The molecule has 3 aromatic rings. The number of hydrogen-bond acceptors (Lipinski definition) is 4. The summed E-state index contributed by atoms with van der Waals surface area (Å²) < 4.78 is 19.0. The number of nitrogens with one attached hydrogen (secondary N) is 1. The van der Waals surface area contributed by atoms with Gasteiger partial charge in [-0.3, -0.25) is 10.1 Å². The number of non-ortho nitro benzene ring substituents is 1. The largest absolute Gasteiger partial charge is 0.455 e. The summed E-state index contributed by atoms with van der Waals surface area (Å²) in [5, 5.41) is 16.0. The number of anilines is 1. The van der Waals surface area contributed by atoms with Gasteiger partial charge in [0, 0.05) is 23.4 Å². The number of nitrogens with zero attached hydrogens (tertiary/aromatic N) is 1. The molecule has 0 aliphatic carbocycles. The number of rotatable bonds is 8. The van der Waals surface area contributed by atoms with Crippen LogP contribution in [0.3, 0.4) is 0 Å². The summed E-state index contributed by atoms with van der Waals surface area (Å²) in [5.74, 6) is 0.992. The summed E-state index contributed by atoms with van der Waals surface area (Å²) in [6.07, 6.45) is 0. The molecule has 0 saturated carbocycles. The highest BCUT2D eigenvalue weighted by Gasteiger charge is 2.09. The zero-order chi connectivity index (χ0) is 19.2. The minimum atomic E-state index is -0.457. The monoisotopic (exact) mass is 390 g/mol. The predicted octanol–water partition coefficient (Wildman–Crippen LogP) is 3.82. The van der Waals surface area contributed by atoms with Crippen LogP contribution in [-0.2, 0) is 6.54 Å². The average molecular weight is 391 g/mol. The van der Waals surface area contributed by atoms with Crippen molar-refractivity contribution < 1.29 is 19.0 Å². The van der Waals surface area contributed by atoms with E-state index in [2.05, 4.69) is 10.6 Å². The van der Waals surface area contributed by atoms with Crippen LogP contribution in [0.25, 0.3) is 11.3 Å². The number of furan rings is 1. The third-order valence-corrected chi connectivity index (χ3v) is 4.26. The van der Waals surface area contributed by atoms with Gasteiger partial charge in [0.1, 0.15) is 18.1 Å². The number of hydrogen-bond donors (Lipinski definition) is 2. The minimum Gasteiger partial charge on any atom is -0.455 e. The van der Waals surface area contributed by atoms with E-state index in [0.717, 1.165) is 23.6 Å². The van der Waals surface area contributed by atoms with Gasteiger partial charge >= 0.3 is 0 Å². The van der Waals surface area contributed by atoms with Gasteiger partial charge in [-0.15, -0.1) is 0 Å².